The molecule has 0 aliphatic heterocycles. The van der Waals surface area contributed by atoms with Gasteiger partial charge in [-0.2, -0.15) is 0 Å². The minimum Gasteiger partial charge on any atom is -0.423 e. The number of hydrogen-bond donors (Lipinski definition) is 1. The third kappa shape index (κ3) is 4.11. The molecule has 1 unspecified atom stereocenters. The van der Waals surface area contributed by atoms with E-state index in [9.17, 15) is 9.18 Å². The average Bonchev–Trinajstić information content (AvgIpc) is 2.85. The van der Waals surface area contributed by atoms with E-state index in [4.69, 9.17) is 4.42 Å². The van der Waals surface area contributed by atoms with Crippen LogP contribution in [0.2, 0.25) is 0 Å². The van der Waals surface area contributed by atoms with Gasteiger partial charge in [-0.1, -0.05) is 13.8 Å². The van der Waals surface area contributed by atoms with Crippen molar-refractivity contribution in [1.29, 1.82) is 0 Å². The summed E-state index contributed by atoms with van der Waals surface area (Å²) >= 11 is 0. The lowest BCUT2D eigenvalue weighted by atomic mass is 10.0. The maximum absolute atomic E-state index is 12.9. The molecule has 0 fully saturated rings. The first kappa shape index (κ1) is 15.2. The van der Waals surface area contributed by atoms with Gasteiger partial charge in [-0.05, 0) is 36.6 Å². The average molecular weight is 291 g/mol. The normalized spacial score (nSPS) is 12.4. The van der Waals surface area contributed by atoms with Gasteiger partial charge in [0.15, 0.2) is 0 Å². The van der Waals surface area contributed by atoms with Crippen molar-refractivity contribution < 1.29 is 13.6 Å². The first-order valence-corrected chi connectivity index (χ1v) is 6.82. The molecule has 1 atom stereocenters. The molecular weight excluding hydrogens is 273 g/mol. The molecule has 112 valence electrons. The Bertz CT molecular complexity index is 608. The van der Waals surface area contributed by atoms with Crippen LogP contribution in [0.1, 0.15) is 48.4 Å². The van der Waals surface area contributed by atoms with E-state index in [2.05, 4.69) is 15.5 Å². The molecule has 2 rings (SSSR count). The summed E-state index contributed by atoms with van der Waals surface area (Å²) < 4.78 is 18.3. The van der Waals surface area contributed by atoms with E-state index in [1.807, 2.05) is 13.8 Å². The number of amides is 1. The molecule has 0 saturated heterocycles. The quantitative estimate of drug-likeness (QED) is 0.919. The van der Waals surface area contributed by atoms with Crippen molar-refractivity contribution in [2.24, 2.45) is 5.92 Å². The summed E-state index contributed by atoms with van der Waals surface area (Å²) in [6.07, 6.45) is 0.675. The van der Waals surface area contributed by atoms with E-state index in [1.54, 1.807) is 6.92 Å². The van der Waals surface area contributed by atoms with Crippen LogP contribution in [0.4, 0.5) is 4.39 Å². The van der Waals surface area contributed by atoms with E-state index < -0.39 is 0 Å². The number of carbonyl (C=O) groups is 1. The SMILES string of the molecule is Cc1nnc(C(CC(C)C)NC(=O)c2ccc(F)cc2)o1. The standard InChI is InChI=1S/C15H18FN3O2/c1-9(2)8-13(15-19-18-10(3)21-15)17-14(20)11-4-6-12(16)7-5-11/h4-7,9,13H,8H2,1-3H3,(H,17,20). The highest BCUT2D eigenvalue weighted by Gasteiger charge is 2.22. The van der Waals surface area contributed by atoms with E-state index in [0.29, 0.717) is 29.7 Å². The lowest BCUT2D eigenvalue weighted by Gasteiger charge is -2.17. The smallest absolute Gasteiger partial charge is 0.251 e. The van der Waals surface area contributed by atoms with Crippen LogP contribution >= 0.6 is 0 Å². The highest BCUT2D eigenvalue weighted by atomic mass is 19.1. The topological polar surface area (TPSA) is 68.0 Å². The van der Waals surface area contributed by atoms with Crippen LogP contribution in [-0.2, 0) is 0 Å². The predicted octanol–water partition coefficient (Wildman–Crippen LogP) is 3.03. The van der Waals surface area contributed by atoms with Crippen molar-refractivity contribution in [3.63, 3.8) is 0 Å². The van der Waals surface area contributed by atoms with Crippen LogP contribution in [0, 0.1) is 18.7 Å². The van der Waals surface area contributed by atoms with Crippen molar-refractivity contribution in [2.75, 3.05) is 0 Å². The first-order chi connectivity index (χ1) is 9.95. The Morgan fingerprint density at radius 1 is 1.29 bits per heavy atom. The van der Waals surface area contributed by atoms with Gasteiger partial charge in [-0.15, -0.1) is 10.2 Å². The second-order valence-electron chi connectivity index (χ2n) is 5.32. The number of carbonyl (C=O) groups excluding carboxylic acids is 1. The first-order valence-electron chi connectivity index (χ1n) is 6.82. The number of benzene rings is 1. The summed E-state index contributed by atoms with van der Waals surface area (Å²) in [5.74, 6) is 0.511. The summed E-state index contributed by atoms with van der Waals surface area (Å²) in [5.41, 5.74) is 0.390. The van der Waals surface area contributed by atoms with Gasteiger partial charge in [-0.25, -0.2) is 4.39 Å². The van der Waals surface area contributed by atoms with Crippen LogP contribution in [-0.4, -0.2) is 16.1 Å². The molecule has 0 radical (unpaired) electrons. The fraction of sp³-hybridized carbons (Fsp3) is 0.400. The molecule has 0 saturated carbocycles. The molecule has 1 amide bonds. The van der Waals surface area contributed by atoms with Crippen LogP contribution in [0.3, 0.4) is 0 Å². The summed E-state index contributed by atoms with van der Waals surface area (Å²) in [4.78, 5) is 12.2. The van der Waals surface area contributed by atoms with Crippen molar-refractivity contribution in [3.05, 3.63) is 47.4 Å². The highest BCUT2D eigenvalue weighted by Crippen LogP contribution is 2.20. The minimum absolute atomic E-state index is 0.295. The van der Waals surface area contributed by atoms with Gasteiger partial charge in [0.2, 0.25) is 11.8 Å². The molecule has 21 heavy (non-hydrogen) atoms. The third-order valence-electron chi connectivity index (χ3n) is 2.96. The Morgan fingerprint density at radius 3 is 2.48 bits per heavy atom. The van der Waals surface area contributed by atoms with Crippen LogP contribution < -0.4 is 5.32 Å². The molecule has 1 aromatic heterocycles. The predicted molar refractivity (Wildman–Crippen MR) is 75.1 cm³/mol. The zero-order valence-corrected chi connectivity index (χ0v) is 12.3. The Balaban J connectivity index is 2.14. The van der Waals surface area contributed by atoms with Crippen LogP contribution in [0.5, 0.6) is 0 Å². The molecule has 2 aromatic rings. The van der Waals surface area contributed by atoms with Gasteiger partial charge >= 0.3 is 0 Å². The number of hydrogen-bond acceptors (Lipinski definition) is 4. The van der Waals surface area contributed by atoms with Crippen LogP contribution in [0.15, 0.2) is 28.7 Å². The molecule has 0 spiro atoms. The Labute approximate surface area is 122 Å². The molecule has 1 heterocycles. The Kier molecular flexibility index (Phi) is 4.67. The molecule has 1 N–H and O–H groups in total. The maximum atomic E-state index is 12.9. The van der Waals surface area contributed by atoms with E-state index in [-0.39, 0.29) is 17.8 Å². The van der Waals surface area contributed by atoms with E-state index in [0.717, 1.165) is 0 Å². The van der Waals surface area contributed by atoms with Crippen LogP contribution in [0.25, 0.3) is 0 Å². The number of aryl methyl sites for hydroxylation is 1. The molecule has 1 aromatic carbocycles. The van der Waals surface area contributed by atoms with Gasteiger partial charge < -0.3 is 9.73 Å². The molecule has 0 bridgehead atoms. The second kappa shape index (κ2) is 6.47. The molecule has 0 aliphatic carbocycles. The number of nitrogens with zero attached hydrogens (tertiary/aromatic N) is 2. The zero-order chi connectivity index (χ0) is 15.4. The fourth-order valence-electron chi connectivity index (χ4n) is 1.99. The molecular formula is C15H18FN3O2. The third-order valence-corrected chi connectivity index (χ3v) is 2.96. The monoisotopic (exact) mass is 291 g/mol. The summed E-state index contributed by atoms with van der Waals surface area (Å²) in [7, 11) is 0. The summed E-state index contributed by atoms with van der Waals surface area (Å²) in [6.45, 7) is 5.78. The van der Waals surface area contributed by atoms with Crippen molar-refractivity contribution in [2.45, 2.75) is 33.2 Å². The lowest BCUT2D eigenvalue weighted by Crippen LogP contribution is -2.29. The van der Waals surface area contributed by atoms with Gasteiger partial charge in [-0.3, -0.25) is 4.79 Å². The highest BCUT2D eigenvalue weighted by molar-refractivity contribution is 5.94. The Morgan fingerprint density at radius 2 is 1.95 bits per heavy atom. The molecule has 6 heteroatoms. The van der Waals surface area contributed by atoms with Crippen molar-refractivity contribution in [1.82, 2.24) is 15.5 Å². The lowest BCUT2D eigenvalue weighted by molar-refractivity contribution is 0.0924. The van der Waals surface area contributed by atoms with Crippen molar-refractivity contribution >= 4 is 5.91 Å². The zero-order valence-electron chi connectivity index (χ0n) is 12.3. The molecule has 0 aliphatic rings. The van der Waals surface area contributed by atoms with Gasteiger partial charge in [0.1, 0.15) is 11.9 Å². The summed E-state index contributed by atoms with van der Waals surface area (Å²) in [6, 6.07) is 5.03. The summed E-state index contributed by atoms with van der Waals surface area (Å²) in [5, 5.41) is 10.6. The number of rotatable bonds is 5. The van der Waals surface area contributed by atoms with Gasteiger partial charge in [0, 0.05) is 12.5 Å². The Hall–Kier alpha value is -2.24. The fourth-order valence-corrected chi connectivity index (χ4v) is 1.99. The molecule has 5 nitrogen and oxygen atoms in total. The number of halogens is 1. The second-order valence-corrected chi connectivity index (χ2v) is 5.32. The number of nitrogens with one attached hydrogen (secondary N) is 1. The van der Waals surface area contributed by atoms with Gasteiger partial charge in [0.05, 0.1) is 0 Å². The largest absolute Gasteiger partial charge is 0.423 e. The maximum Gasteiger partial charge on any atom is 0.251 e. The number of aromatic nitrogens is 2. The minimum atomic E-state index is -0.377. The van der Waals surface area contributed by atoms with Crippen molar-refractivity contribution in [3.8, 4) is 0 Å². The van der Waals surface area contributed by atoms with Gasteiger partial charge in [0.25, 0.3) is 5.91 Å². The van der Waals surface area contributed by atoms with E-state index >= 15 is 0 Å². The van der Waals surface area contributed by atoms with E-state index in [1.165, 1.54) is 24.3 Å².